The van der Waals surface area contributed by atoms with Crippen molar-refractivity contribution in [1.29, 1.82) is 0 Å². The molecule has 8 rings (SSSR count). The summed E-state index contributed by atoms with van der Waals surface area (Å²) in [5, 5.41) is 4.94. The molecule has 0 fully saturated rings. The molecule has 2 heteroatoms. The Balaban J connectivity index is 1.15. The number of benzene rings is 7. The van der Waals surface area contributed by atoms with E-state index in [0.29, 0.717) is 0 Å². The van der Waals surface area contributed by atoms with Crippen LogP contribution in [-0.4, -0.2) is 6.04 Å². The maximum absolute atomic E-state index is 2.43. The van der Waals surface area contributed by atoms with E-state index in [0.717, 1.165) is 17.1 Å². The largest absolute Gasteiger partial charge is 0.313 e. The molecular formula is C44H33N2+. The van der Waals surface area contributed by atoms with Gasteiger partial charge in [-0.3, -0.25) is 0 Å². The van der Waals surface area contributed by atoms with Crippen molar-refractivity contribution in [1.82, 2.24) is 0 Å². The minimum atomic E-state index is 0.124. The maximum atomic E-state index is 2.43. The maximum Gasteiger partial charge on any atom is 0.139 e. The highest BCUT2D eigenvalue weighted by atomic mass is 15.2. The Morgan fingerprint density at radius 1 is 0.413 bits per heavy atom. The van der Waals surface area contributed by atoms with E-state index in [1.807, 2.05) is 0 Å². The number of anilines is 5. The number of allylic oxidation sites excluding steroid dienone is 2. The van der Waals surface area contributed by atoms with Crippen LogP contribution in [0.4, 0.5) is 28.4 Å². The fraction of sp³-hybridized carbons (Fsp3) is 0.0227. The summed E-state index contributed by atoms with van der Waals surface area (Å²) >= 11 is 0. The Bertz CT molecular complexity index is 2170. The number of hydrogen-bond acceptors (Lipinski definition) is 2. The normalized spacial score (nSPS) is 13.9. The Morgan fingerprint density at radius 3 is 1.57 bits per heavy atom. The zero-order valence-electron chi connectivity index (χ0n) is 25.4. The monoisotopic (exact) mass is 589 g/mol. The molecule has 1 aliphatic rings. The molecular weight excluding hydrogens is 556 g/mol. The number of fused-ring (bicyclic) bond motifs is 2. The van der Waals surface area contributed by atoms with Crippen LogP contribution < -0.4 is 9.80 Å². The lowest BCUT2D eigenvalue weighted by Gasteiger charge is -2.30. The van der Waals surface area contributed by atoms with Gasteiger partial charge in [-0.25, -0.2) is 0 Å². The first kappa shape index (κ1) is 27.6. The van der Waals surface area contributed by atoms with Crippen LogP contribution in [0.15, 0.2) is 188 Å². The van der Waals surface area contributed by atoms with Gasteiger partial charge in [0.25, 0.3) is 0 Å². The molecule has 0 saturated carbocycles. The van der Waals surface area contributed by atoms with Crippen molar-refractivity contribution in [2.45, 2.75) is 6.04 Å². The van der Waals surface area contributed by atoms with Gasteiger partial charge >= 0.3 is 0 Å². The van der Waals surface area contributed by atoms with Crippen molar-refractivity contribution in [2.75, 3.05) is 9.80 Å². The van der Waals surface area contributed by atoms with E-state index < -0.39 is 0 Å². The van der Waals surface area contributed by atoms with Gasteiger partial charge in [0.2, 0.25) is 0 Å². The Morgan fingerprint density at radius 2 is 0.935 bits per heavy atom. The lowest BCUT2D eigenvalue weighted by Crippen LogP contribution is -2.30. The van der Waals surface area contributed by atoms with Crippen LogP contribution >= 0.6 is 0 Å². The zero-order valence-corrected chi connectivity index (χ0v) is 25.4. The summed E-state index contributed by atoms with van der Waals surface area (Å²) in [5.41, 5.74) is 8.15. The molecule has 2 nitrogen and oxygen atoms in total. The highest BCUT2D eigenvalue weighted by molar-refractivity contribution is 5.99. The lowest BCUT2D eigenvalue weighted by atomic mass is 10.00. The van der Waals surface area contributed by atoms with Crippen molar-refractivity contribution in [3.05, 3.63) is 195 Å². The highest BCUT2D eigenvalue weighted by Gasteiger charge is 2.25. The number of nitrogens with zero attached hydrogens (tertiary/aromatic N) is 2. The molecule has 0 saturated heterocycles. The van der Waals surface area contributed by atoms with Crippen LogP contribution in [0.5, 0.6) is 0 Å². The molecule has 7 aromatic carbocycles. The van der Waals surface area contributed by atoms with Crippen LogP contribution in [0.25, 0.3) is 32.7 Å². The van der Waals surface area contributed by atoms with Crippen molar-refractivity contribution in [3.63, 3.8) is 0 Å². The second kappa shape index (κ2) is 12.2. The molecule has 1 unspecified atom stereocenters. The molecule has 1 atom stereocenters. The van der Waals surface area contributed by atoms with E-state index in [2.05, 4.69) is 204 Å². The van der Waals surface area contributed by atoms with Gasteiger partial charge in [0, 0.05) is 33.9 Å². The van der Waals surface area contributed by atoms with E-state index in [9.17, 15) is 0 Å². The number of hydrogen-bond donors (Lipinski definition) is 0. The Kier molecular flexibility index (Phi) is 7.30. The van der Waals surface area contributed by atoms with Crippen LogP contribution in [0.3, 0.4) is 0 Å². The summed E-state index contributed by atoms with van der Waals surface area (Å²) in [5.74, 6) is 0. The molecule has 0 spiro atoms. The van der Waals surface area contributed by atoms with Crippen molar-refractivity contribution >= 4 is 50.0 Å². The zero-order chi connectivity index (χ0) is 30.7. The summed E-state index contributed by atoms with van der Waals surface area (Å²) < 4.78 is 0. The molecule has 46 heavy (non-hydrogen) atoms. The van der Waals surface area contributed by atoms with Crippen LogP contribution in [0.2, 0.25) is 0 Å². The second-order valence-electron chi connectivity index (χ2n) is 11.6. The molecule has 0 bridgehead atoms. The molecule has 0 N–H and O–H groups in total. The van der Waals surface area contributed by atoms with E-state index in [1.165, 1.54) is 44.0 Å². The van der Waals surface area contributed by atoms with Gasteiger partial charge in [0.15, 0.2) is 0 Å². The third-order valence-electron chi connectivity index (χ3n) is 8.79. The molecule has 0 radical (unpaired) electrons. The molecule has 7 aromatic rings. The van der Waals surface area contributed by atoms with E-state index >= 15 is 0 Å². The van der Waals surface area contributed by atoms with Crippen molar-refractivity contribution in [3.8, 4) is 11.1 Å². The van der Waals surface area contributed by atoms with E-state index in [1.54, 1.807) is 0 Å². The third kappa shape index (κ3) is 5.21. The minimum absolute atomic E-state index is 0.124. The van der Waals surface area contributed by atoms with Gasteiger partial charge in [-0.05, 0) is 76.5 Å². The average molecular weight is 590 g/mol. The van der Waals surface area contributed by atoms with Crippen molar-refractivity contribution < 1.29 is 0 Å². The Hall–Kier alpha value is -5.99. The fourth-order valence-corrected chi connectivity index (χ4v) is 6.57. The first-order valence-corrected chi connectivity index (χ1v) is 15.8. The smallest absolute Gasteiger partial charge is 0.139 e. The van der Waals surface area contributed by atoms with Gasteiger partial charge in [0.05, 0.1) is 29.9 Å². The molecule has 0 aromatic heterocycles. The molecule has 1 aliphatic carbocycles. The summed E-state index contributed by atoms with van der Waals surface area (Å²) in [4.78, 5) is 4.77. The van der Waals surface area contributed by atoms with Gasteiger partial charge in [-0.1, -0.05) is 115 Å². The second-order valence-corrected chi connectivity index (χ2v) is 11.6. The van der Waals surface area contributed by atoms with E-state index in [-0.39, 0.29) is 6.04 Å². The average Bonchev–Trinajstić information content (AvgIpc) is 3.14. The van der Waals surface area contributed by atoms with Gasteiger partial charge in [-0.15, -0.1) is 0 Å². The SMILES string of the molecule is C1=C[CH+]C(N(c2ccc(-c3ccc(N(c4ccccc4)c4cccc5ccccc45)cc3)cc2)c2cccc3ccccc23)C=C1. The van der Waals surface area contributed by atoms with Gasteiger partial charge < -0.3 is 9.80 Å². The standard InChI is InChI=1S/C44H33N2/c1-3-17-37(18-4-1)45(43-23-11-15-35-13-7-9-21-41(35)43)39-29-25-33(26-30-39)34-27-31-40(32-28-34)46(38-19-5-2-6-20-38)44-24-12-16-36-14-8-10-22-42(36)44/h1-32,37H/q+1. The highest BCUT2D eigenvalue weighted by Crippen LogP contribution is 2.40. The Labute approximate surface area is 270 Å². The topological polar surface area (TPSA) is 6.48 Å². The first-order chi connectivity index (χ1) is 22.8. The number of para-hydroxylation sites is 1. The summed E-state index contributed by atoms with van der Waals surface area (Å²) in [6.45, 7) is 0. The summed E-state index contributed by atoms with van der Waals surface area (Å²) in [6.07, 6.45) is 10.9. The third-order valence-corrected chi connectivity index (χ3v) is 8.79. The minimum Gasteiger partial charge on any atom is -0.313 e. The molecule has 0 aliphatic heterocycles. The lowest BCUT2D eigenvalue weighted by molar-refractivity contribution is 0.902. The van der Waals surface area contributed by atoms with Crippen LogP contribution in [0.1, 0.15) is 0 Å². The summed E-state index contributed by atoms with van der Waals surface area (Å²) in [7, 11) is 0. The number of rotatable bonds is 7. The van der Waals surface area contributed by atoms with E-state index in [4.69, 9.17) is 0 Å². The van der Waals surface area contributed by atoms with Crippen LogP contribution in [0, 0.1) is 6.42 Å². The van der Waals surface area contributed by atoms with Crippen molar-refractivity contribution in [2.24, 2.45) is 0 Å². The molecule has 218 valence electrons. The summed E-state index contributed by atoms with van der Waals surface area (Å²) in [6, 6.07) is 58.9. The predicted octanol–water partition coefficient (Wildman–Crippen LogP) is 12.0. The molecule has 0 amide bonds. The molecule has 0 heterocycles. The quantitative estimate of drug-likeness (QED) is 0.171. The van der Waals surface area contributed by atoms with Crippen LogP contribution in [-0.2, 0) is 0 Å². The first-order valence-electron chi connectivity index (χ1n) is 15.8. The fourth-order valence-electron chi connectivity index (χ4n) is 6.57. The predicted molar refractivity (Wildman–Crippen MR) is 197 cm³/mol. The van der Waals surface area contributed by atoms with Gasteiger partial charge in [-0.2, -0.15) is 0 Å². The van der Waals surface area contributed by atoms with Gasteiger partial charge in [0.1, 0.15) is 6.04 Å².